The molecule has 0 bridgehead atoms. The molecule has 2 aliphatic rings. The van der Waals surface area contributed by atoms with E-state index in [1.165, 1.54) is 16.2 Å². The predicted molar refractivity (Wildman–Crippen MR) is 118 cm³/mol. The zero-order valence-corrected chi connectivity index (χ0v) is 17.9. The molecule has 2 saturated heterocycles. The monoisotopic (exact) mass is 410 g/mol. The van der Waals surface area contributed by atoms with Crippen molar-refractivity contribution in [3.8, 4) is 5.75 Å². The maximum atomic E-state index is 12.6. The molecule has 3 N–H and O–H groups in total. The second kappa shape index (κ2) is 9.96. The van der Waals surface area contributed by atoms with Gasteiger partial charge in [-0.05, 0) is 12.1 Å². The molecule has 4 rings (SSSR count). The van der Waals surface area contributed by atoms with Crippen molar-refractivity contribution >= 4 is 11.6 Å². The van der Waals surface area contributed by atoms with Gasteiger partial charge in [-0.25, -0.2) is 0 Å². The summed E-state index contributed by atoms with van der Waals surface area (Å²) in [5, 5.41) is 3.29. The van der Waals surface area contributed by atoms with Crippen molar-refractivity contribution in [3.05, 3.63) is 60.2 Å². The van der Waals surface area contributed by atoms with Crippen LogP contribution in [0.1, 0.15) is 12.0 Å². The summed E-state index contributed by atoms with van der Waals surface area (Å²) in [6.45, 7) is 7.69. The maximum absolute atomic E-state index is 12.6. The Morgan fingerprint density at radius 3 is 2.63 bits per heavy atom. The lowest BCUT2D eigenvalue weighted by atomic mass is 10.2. The molecule has 2 heterocycles. The van der Waals surface area contributed by atoms with E-state index in [0.717, 1.165) is 58.0 Å². The standard InChI is InChI=1S/C24H32N4O2/c1-30-23-9-5-8-22(16-23)28-14-12-26(13-15-28)19-24(29)25-21-10-11-27(18-21)17-20-6-3-2-4-7-20/h2-9,16,21H,10-15,17-19H2,1H3,(H,25,29)/p+2/t21-/m1/s1. The van der Waals surface area contributed by atoms with Gasteiger partial charge in [-0.3, -0.25) is 4.79 Å². The summed E-state index contributed by atoms with van der Waals surface area (Å²) in [6, 6.07) is 19.2. The summed E-state index contributed by atoms with van der Waals surface area (Å²) in [5.74, 6) is 1.09. The molecular formula is C24H34N4O2+2. The quantitative estimate of drug-likeness (QED) is 0.570. The molecule has 0 aromatic heterocycles. The van der Waals surface area contributed by atoms with Crippen molar-refractivity contribution in [2.24, 2.45) is 0 Å². The molecule has 2 aliphatic heterocycles. The Bertz CT molecular complexity index is 821. The van der Waals surface area contributed by atoms with E-state index in [4.69, 9.17) is 4.74 Å². The number of carbonyl (C=O) groups excluding carboxylic acids is 1. The maximum Gasteiger partial charge on any atom is 0.275 e. The van der Waals surface area contributed by atoms with Crippen LogP contribution in [0.4, 0.5) is 5.69 Å². The minimum Gasteiger partial charge on any atom is -0.497 e. The van der Waals surface area contributed by atoms with Crippen LogP contribution in [0.25, 0.3) is 0 Å². The average molecular weight is 411 g/mol. The third-order valence-electron chi connectivity index (χ3n) is 6.34. The van der Waals surface area contributed by atoms with Crippen LogP contribution in [0.15, 0.2) is 54.6 Å². The van der Waals surface area contributed by atoms with E-state index in [1.54, 1.807) is 12.0 Å². The summed E-state index contributed by atoms with van der Waals surface area (Å²) in [7, 11) is 1.70. The Balaban J connectivity index is 1.18. The minimum atomic E-state index is 0.200. The SMILES string of the molecule is COc1cccc(N2CC[NH+](CC(=O)N[C@@H]3CC[NH+](Cc4ccccc4)C3)CC2)c1. The third kappa shape index (κ3) is 5.52. The zero-order chi connectivity index (χ0) is 20.8. The van der Waals surface area contributed by atoms with Gasteiger partial charge in [0.05, 0.1) is 52.4 Å². The highest BCUT2D eigenvalue weighted by molar-refractivity contribution is 5.77. The zero-order valence-electron chi connectivity index (χ0n) is 17.9. The molecule has 1 amide bonds. The molecule has 2 atom stereocenters. The van der Waals surface area contributed by atoms with E-state index in [9.17, 15) is 4.79 Å². The molecule has 0 saturated carbocycles. The average Bonchev–Trinajstić information content (AvgIpc) is 3.21. The van der Waals surface area contributed by atoms with Gasteiger partial charge in [0.1, 0.15) is 12.3 Å². The number of rotatable bonds is 7. The molecule has 6 heteroatoms. The van der Waals surface area contributed by atoms with Crippen molar-refractivity contribution in [3.63, 3.8) is 0 Å². The first-order valence-electron chi connectivity index (χ1n) is 11.1. The fraction of sp³-hybridized carbons (Fsp3) is 0.458. The van der Waals surface area contributed by atoms with Crippen LogP contribution in [-0.2, 0) is 11.3 Å². The summed E-state index contributed by atoms with van der Waals surface area (Å²) in [5.41, 5.74) is 2.57. The highest BCUT2D eigenvalue weighted by Crippen LogP contribution is 2.20. The summed E-state index contributed by atoms with van der Waals surface area (Å²) < 4.78 is 5.34. The van der Waals surface area contributed by atoms with Crippen LogP contribution in [-0.4, -0.2) is 64.9 Å². The van der Waals surface area contributed by atoms with E-state index < -0.39 is 0 Å². The van der Waals surface area contributed by atoms with Crippen molar-refractivity contribution in [1.29, 1.82) is 0 Å². The molecule has 2 aromatic rings. The Hall–Kier alpha value is -2.57. The van der Waals surface area contributed by atoms with Crippen LogP contribution in [0.2, 0.25) is 0 Å². The second-order valence-electron chi connectivity index (χ2n) is 8.53. The number of nitrogens with one attached hydrogen (secondary N) is 3. The number of anilines is 1. The molecule has 160 valence electrons. The van der Waals surface area contributed by atoms with E-state index >= 15 is 0 Å². The minimum absolute atomic E-state index is 0.200. The highest BCUT2D eigenvalue weighted by atomic mass is 16.5. The van der Waals surface area contributed by atoms with Crippen molar-refractivity contribution in [1.82, 2.24) is 5.32 Å². The van der Waals surface area contributed by atoms with Crippen LogP contribution in [0.3, 0.4) is 0 Å². The first-order valence-corrected chi connectivity index (χ1v) is 11.1. The molecule has 2 aromatic carbocycles. The topological polar surface area (TPSA) is 50.5 Å². The molecular weight excluding hydrogens is 376 g/mol. The van der Waals surface area contributed by atoms with E-state index in [-0.39, 0.29) is 5.91 Å². The van der Waals surface area contributed by atoms with Gasteiger partial charge < -0.3 is 24.8 Å². The summed E-state index contributed by atoms with van der Waals surface area (Å²) >= 11 is 0. The lowest BCUT2D eigenvalue weighted by Crippen LogP contribution is -3.16. The molecule has 1 unspecified atom stereocenters. The van der Waals surface area contributed by atoms with Gasteiger partial charge in [0.15, 0.2) is 6.54 Å². The first kappa shape index (κ1) is 20.7. The van der Waals surface area contributed by atoms with E-state index in [2.05, 4.69) is 52.7 Å². The predicted octanol–water partition coefficient (Wildman–Crippen LogP) is -0.626. The molecule has 0 aliphatic carbocycles. The number of amides is 1. The van der Waals surface area contributed by atoms with Crippen LogP contribution in [0, 0.1) is 0 Å². The van der Waals surface area contributed by atoms with Crippen LogP contribution < -0.4 is 24.8 Å². The van der Waals surface area contributed by atoms with Crippen molar-refractivity contribution in [2.45, 2.75) is 19.0 Å². The number of quaternary nitrogens is 2. The number of piperazine rings is 1. The summed E-state index contributed by atoms with van der Waals surface area (Å²) in [4.78, 5) is 17.9. The van der Waals surface area contributed by atoms with Gasteiger partial charge in [0.2, 0.25) is 0 Å². The highest BCUT2D eigenvalue weighted by Gasteiger charge is 2.29. The van der Waals surface area contributed by atoms with Gasteiger partial charge in [-0.2, -0.15) is 0 Å². The van der Waals surface area contributed by atoms with Gasteiger partial charge in [0.25, 0.3) is 5.91 Å². The largest absolute Gasteiger partial charge is 0.497 e. The molecule has 2 fully saturated rings. The fourth-order valence-electron chi connectivity index (χ4n) is 4.67. The number of carbonyl (C=O) groups is 1. The number of nitrogens with zero attached hydrogens (tertiary/aromatic N) is 1. The molecule has 30 heavy (non-hydrogen) atoms. The number of likely N-dealkylation sites (tertiary alicyclic amines) is 1. The first-order chi connectivity index (χ1) is 14.7. The number of hydrogen-bond acceptors (Lipinski definition) is 3. The van der Waals surface area contributed by atoms with Crippen molar-refractivity contribution in [2.75, 3.05) is 57.8 Å². The van der Waals surface area contributed by atoms with Gasteiger partial charge in [-0.1, -0.05) is 36.4 Å². The normalized spacial score (nSPS) is 22.1. The Kier molecular flexibility index (Phi) is 6.87. The Morgan fingerprint density at radius 1 is 1.07 bits per heavy atom. The number of methoxy groups -OCH3 is 1. The Labute approximate surface area is 179 Å². The van der Waals surface area contributed by atoms with Gasteiger partial charge in [-0.15, -0.1) is 0 Å². The van der Waals surface area contributed by atoms with Gasteiger partial charge >= 0.3 is 0 Å². The van der Waals surface area contributed by atoms with E-state index in [1.807, 2.05) is 12.1 Å². The molecule has 0 spiro atoms. The number of hydrogen-bond donors (Lipinski definition) is 3. The second-order valence-corrected chi connectivity index (χ2v) is 8.53. The van der Waals surface area contributed by atoms with Crippen molar-refractivity contribution < 1.29 is 19.3 Å². The lowest BCUT2D eigenvalue weighted by Gasteiger charge is -2.33. The summed E-state index contributed by atoms with van der Waals surface area (Å²) in [6.07, 6.45) is 1.08. The number of benzene rings is 2. The lowest BCUT2D eigenvalue weighted by molar-refractivity contribution is -0.901. The Morgan fingerprint density at radius 2 is 1.87 bits per heavy atom. The van der Waals surface area contributed by atoms with Crippen LogP contribution in [0.5, 0.6) is 5.75 Å². The molecule has 6 nitrogen and oxygen atoms in total. The molecule has 0 radical (unpaired) electrons. The third-order valence-corrected chi connectivity index (χ3v) is 6.34. The number of ether oxygens (including phenoxy) is 1. The van der Waals surface area contributed by atoms with Gasteiger partial charge in [0, 0.05) is 23.7 Å². The van der Waals surface area contributed by atoms with E-state index in [0.29, 0.717) is 12.6 Å². The fourth-order valence-corrected chi connectivity index (χ4v) is 4.67. The van der Waals surface area contributed by atoms with Crippen LogP contribution >= 0.6 is 0 Å². The smallest absolute Gasteiger partial charge is 0.275 e.